The molecule has 102 valence electrons. The van der Waals surface area contributed by atoms with Crippen molar-refractivity contribution in [3.63, 3.8) is 0 Å². The summed E-state index contributed by atoms with van der Waals surface area (Å²) in [5.41, 5.74) is 0. The highest BCUT2D eigenvalue weighted by Gasteiger charge is 2.39. The maximum absolute atomic E-state index is 12.2. The lowest BCUT2D eigenvalue weighted by atomic mass is 10.1. The molecule has 2 saturated heterocycles. The molecule has 2 rings (SSSR count). The van der Waals surface area contributed by atoms with Crippen molar-refractivity contribution < 1.29 is 24.2 Å². The summed E-state index contributed by atoms with van der Waals surface area (Å²) in [6, 6.07) is 0.0602. The van der Waals surface area contributed by atoms with E-state index in [0.717, 1.165) is 6.42 Å². The summed E-state index contributed by atoms with van der Waals surface area (Å²) in [5.74, 6) is -1.13. The van der Waals surface area contributed by atoms with Gasteiger partial charge in [-0.3, -0.25) is 4.79 Å². The maximum atomic E-state index is 12.2. The zero-order valence-electron chi connectivity index (χ0n) is 10.7. The molecular formula is C12H19NO5. The molecule has 2 unspecified atom stereocenters. The second-order valence-corrected chi connectivity index (χ2v) is 4.91. The summed E-state index contributed by atoms with van der Waals surface area (Å²) >= 11 is 0. The predicted molar refractivity (Wildman–Crippen MR) is 62.1 cm³/mol. The Balaban J connectivity index is 1.93. The van der Waals surface area contributed by atoms with Gasteiger partial charge in [-0.25, -0.2) is 4.79 Å². The molecule has 0 radical (unpaired) electrons. The lowest BCUT2D eigenvalue weighted by Gasteiger charge is -2.28. The van der Waals surface area contributed by atoms with Crippen LogP contribution in [0.1, 0.15) is 26.2 Å². The molecule has 18 heavy (non-hydrogen) atoms. The minimum Gasteiger partial charge on any atom is -0.479 e. The molecule has 2 heterocycles. The summed E-state index contributed by atoms with van der Waals surface area (Å²) in [7, 11) is 1.73. The Morgan fingerprint density at radius 1 is 1.22 bits per heavy atom. The van der Waals surface area contributed by atoms with E-state index in [1.165, 1.54) is 0 Å². The molecule has 0 aromatic rings. The third kappa shape index (κ3) is 2.49. The van der Waals surface area contributed by atoms with Crippen LogP contribution in [0.2, 0.25) is 0 Å². The first-order valence-electron chi connectivity index (χ1n) is 6.27. The van der Waals surface area contributed by atoms with Crippen LogP contribution in [-0.4, -0.2) is 59.9 Å². The number of carboxylic acid groups (broad SMARTS) is 1. The Morgan fingerprint density at radius 2 is 1.89 bits per heavy atom. The van der Waals surface area contributed by atoms with Crippen molar-refractivity contribution >= 4 is 11.9 Å². The van der Waals surface area contributed by atoms with E-state index in [4.69, 9.17) is 14.6 Å². The Hall–Kier alpha value is -1.14. The largest absolute Gasteiger partial charge is 0.479 e. The van der Waals surface area contributed by atoms with Gasteiger partial charge in [0.25, 0.3) is 5.91 Å². The summed E-state index contributed by atoms with van der Waals surface area (Å²) in [6.07, 6.45) is 0.251. The molecular weight excluding hydrogens is 238 g/mol. The van der Waals surface area contributed by atoms with Gasteiger partial charge in [0.15, 0.2) is 6.10 Å². The number of likely N-dealkylation sites (N-methyl/N-ethyl adjacent to an activating group) is 1. The van der Waals surface area contributed by atoms with Crippen LogP contribution in [0.3, 0.4) is 0 Å². The fraction of sp³-hybridized carbons (Fsp3) is 0.833. The number of ether oxygens (including phenoxy) is 2. The van der Waals surface area contributed by atoms with Crippen molar-refractivity contribution in [2.45, 2.75) is 50.5 Å². The SMILES string of the molecule is CC1OCCC1N(C)C(=O)[C@@H]1CC[C@H](C(=O)O)O1. The van der Waals surface area contributed by atoms with Crippen LogP contribution < -0.4 is 0 Å². The first kappa shape index (κ1) is 13.3. The predicted octanol–water partition coefficient (Wildman–Crippen LogP) is 0.254. The molecule has 0 aromatic heterocycles. The fourth-order valence-electron chi connectivity index (χ4n) is 2.62. The number of amides is 1. The van der Waals surface area contributed by atoms with E-state index in [-0.39, 0.29) is 18.1 Å². The quantitative estimate of drug-likeness (QED) is 0.784. The van der Waals surface area contributed by atoms with Gasteiger partial charge in [0.05, 0.1) is 12.1 Å². The molecule has 6 nitrogen and oxygen atoms in total. The third-order valence-electron chi connectivity index (χ3n) is 3.75. The first-order chi connectivity index (χ1) is 8.50. The highest BCUT2D eigenvalue weighted by atomic mass is 16.5. The molecule has 6 heteroatoms. The molecule has 0 saturated carbocycles. The van der Waals surface area contributed by atoms with Gasteiger partial charge in [0.1, 0.15) is 6.10 Å². The minimum absolute atomic E-state index is 0.0237. The molecule has 4 atom stereocenters. The van der Waals surface area contributed by atoms with Crippen LogP contribution in [0.15, 0.2) is 0 Å². The Labute approximate surface area is 106 Å². The molecule has 0 aliphatic carbocycles. The number of carbonyl (C=O) groups excluding carboxylic acids is 1. The Bertz CT molecular complexity index is 345. The van der Waals surface area contributed by atoms with Gasteiger partial charge < -0.3 is 19.5 Å². The van der Waals surface area contributed by atoms with E-state index < -0.39 is 18.2 Å². The average Bonchev–Trinajstić information content (AvgIpc) is 2.95. The second-order valence-electron chi connectivity index (χ2n) is 4.91. The molecule has 0 aromatic carbocycles. The molecule has 2 aliphatic heterocycles. The molecule has 1 N–H and O–H groups in total. The highest BCUT2D eigenvalue weighted by molar-refractivity contribution is 5.82. The van der Waals surface area contributed by atoms with Crippen LogP contribution in [0.5, 0.6) is 0 Å². The molecule has 2 aliphatic rings. The smallest absolute Gasteiger partial charge is 0.332 e. The van der Waals surface area contributed by atoms with Crippen molar-refractivity contribution in [3.8, 4) is 0 Å². The van der Waals surface area contributed by atoms with Gasteiger partial charge in [-0.2, -0.15) is 0 Å². The Kier molecular flexibility index (Phi) is 3.87. The summed E-state index contributed by atoms with van der Waals surface area (Å²) in [6.45, 7) is 2.60. The van der Waals surface area contributed by atoms with E-state index in [1.807, 2.05) is 6.92 Å². The van der Waals surface area contributed by atoms with Gasteiger partial charge in [0.2, 0.25) is 0 Å². The van der Waals surface area contributed by atoms with Crippen LogP contribution in [-0.2, 0) is 19.1 Å². The zero-order chi connectivity index (χ0) is 13.3. The number of hydrogen-bond acceptors (Lipinski definition) is 4. The van der Waals surface area contributed by atoms with E-state index >= 15 is 0 Å². The van der Waals surface area contributed by atoms with Gasteiger partial charge in [-0.1, -0.05) is 0 Å². The summed E-state index contributed by atoms with van der Waals surface area (Å²) in [4.78, 5) is 24.6. The standard InChI is InChI=1S/C12H19NO5/c1-7-8(5-6-17-7)13(2)11(14)9-3-4-10(18-9)12(15)16/h7-10H,3-6H2,1-2H3,(H,15,16)/t7?,8?,9-,10+/m0/s1. The Morgan fingerprint density at radius 3 is 2.39 bits per heavy atom. The molecule has 0 bridgehead atoms. The molecule has 0 spiro atoms. The monoisotopic (exact) mass is 257 g/mol. The van der Waals surface area contributed by atoms with Gasteiger partial charge in [-0.05, 0) is 26.2 Å². The van der Waals surface area contributed by atoms with Crippen LogP contribution in [0.4, 0.5) is 0 Å². The number of nitrogens with zero attached hydrogens (tertiary/aromatic N) is 1. The number of carbonyl (C=O) groups is 2. The van der Waals surface area contributed by atoms with Crippen molar-refractivity contribution in [2.75, 3.05) is 13.7 Å². The molecule has 2 fully saturated rings. The average molecular weight is 257 g/mol. The molecule has 1 amide bonds. The first-order valence-corrected chi connectivity index (χ1v) is 6.27. The number of hydrogen-bond donors (Lipinski definition) is 1. The number of aliphatic carboxylic acids is 1. The topological polar surface area (TPSA) is 76.1 Å². The third-order valence-corrected chi connectivity index (χ3v) is 3.75. The highest BCUT2D eigenvalue weighted by Crippen LogP contribution is 2.24. The van der Waals surface area contributed by atoms with Gasteiger partial charge in [0, 0.05) is 13.7 Å². The van der Waals surface area contributed by atoms with E-state index in [2.05, 4.69) is 0 Å². The van der Waals surface area contributed by atoms with Crippen molar-refractivity contribution in [1.82, 2.24) is 4.90 Å². The number of rotatable bonds is 3. The lowest BCUT2D eigenvalue weighted by molar-refractivity contribution is -0.155. The van der Waals surface area contributed by atoms with Gasteiger partial charge in [-0.15, -0.1) is 0 Å². The van der Waals surface area contributed by atoms with Crippen LogP contribution >= 0.6 is 0 Å². The van der Waals surface area contributed by atoms with Crippen LogP contribution in [0, 0.1) is 0 Å². The normalized spacial score (nSPS) is 35.7. The summed E-state index contributed by atoms with van der Waals surface area (Å²) < 4.78 is 10.7. The second kappa shape index (κ2) is 5.24. The summed E-state index contributed by atoms with van der Waals surface area (Å²) in [5, 5.41) is 8.84. The van der Waals surface area contributed by atoms with E-state index in [0.29, 0.717) is 19.4 Å². The van der Waals surface area contributed by atoms with Crippen LogP contribution in [0.25, 0.3) is 0 Å². The van der Waals surface area contributed by atoms with Gasteiger partial charge >= 0.3 is 5.97 Å². The van der Waals surface area contributed by atoms with Crippen molar-refractivity contribution in [3.05, 3.63) is 0 Å². The van der Waals surface area contributed by atoms with Crippen molar-refractivity contribution in [2.24, 2.45) is 0 Å². The fourth-order valence-corrected chi connectivity index (χ4v) is 2.62. The van der Waals surface area contributed by atoms with Crippen molar-refractivity contribution in [1.29, 1.82) is 0 Å². The zero-order valence-corrected chi connectivity index (χ0v) is 10.7. The van der Waals surface area contributed by atoms with E-state index in [1.54, 1.807) is 11.9 Å². The minimum atomic E-state index is -0.995. The number of carboxylic acids is 1. The maximum Gasteiger partial charge on any atom is 0.332 e. The lowest BCUT2D eigenvalue weighted by Crippen LogP contribution is -2.46. The van der Waals surface area contributed by atoms with E-state index in [9.17, 15) is 9.59 Å².